The second kappa shape index (κ2) is 17.5. The zero-order chi connectivity index (χ0) is 35.6. The van der Waals surface area contributed by atoms with Crippen LogP contribution in [0.25, 0.3) is 10.9 Å². The Morgan fingerprint density at radius 2 is 1.66 bits per heavy atom. The summed E-state index contributed by atoms with van der Waals surface area (Å²) in [5.74, 6) is -2.79. The molecule has 50 heavy (non-hydrogen) atoms. The molecular weight excluding hydrogens is 663 g/mol. The lowest BCUT2D eigenvalue weighted by Gasteiger charge is -2.32. The Morgan fingerprint density at radius 1 is 0.900 bits per heavy atom. The van der Waals surface area contributed by atoms with Crippen LogP contribution in [0.5, 0.6) is 0 Å². The van der Waals surface area contributed by atoms with Crippen LogP contribution >= 0.6 is 11.8 Å². The van der Waals surface area contributed by atoms with Gasteiger partial charge in [0.2, 0.25) is 17.7 Å². The molecule has 0 bridgehead atoms. The van der Waals surface area contributed by atoms with E-state index in [2.05, 4.69) is 25.9 Å². The van der Waals surface area contributed by atoms with Crippen molar-refractivity contribution < 1.29 is 23.2 Å². The highest BCUT2D eigenvalue weighted by Crippen LogP contribution is 2.35. The molecule has 3 heterocycles. The molecule has 4 aromatic rings. The number of likely N-dealkylation sites (N-methyl/N-ethyl adjacent to an activating group) is 1. The third-order valence-corrected chi connectivity index (χ3v) is 10.2. The molecular formula is C36H44F2N8O3S. The Kier molecular flexibility index (Phi) is 12.9. The van der Waals surface area contributed by atoms with Gasteiger partial charge in [-0.3, -0.25) is 14.4 Å². The summed E-state index contributed by atoms with van der Waals surface area (Å²) in [6, 6.07) is 10.4. The first kappa shape index (κ1) is 36.9. The summed E-state index contributed by atoms with van der Waals surface area (Å²) < 4.78 is 30.9. The number of rotatable bonds is 9. The number of amides is 3. The van der Waals surface area contributed by atoms with E-state index in [4.69, 9.17) is 11.5 Å². The maximum absolute atomic E-state index is 15.4. The van der Waals surface area contributed by atoms with Crippen LogP contribution in [0.15, 0.2) is 70.8 Å². The van der Waals surface area contributed by atoms with Crippen LogP contribution in [0.1, 0.15) is 48.8 Å². The van der Waals surface area contributed by atoms with Crippen LogP contribution in [0.4, 0.5) is 8.78 Å². The van der Waals surface area contributed by atoms with E-state index >= 15 is 8.78 Å². The predicted molar refractivity (Wildman–Crippen MR) is 189 cm³/mol. The van der Waals surface area contributed by atoms with Gasteiger partial charge in [-0.1, -0.05) is 36.0 Å². The minimum atomic E-state index is -1.06. The van der Waals surface area contributed by atoms with Crippen molar-refractivity contribution in [2.24, 2.45) is 11.5 Å². The molecule has 8 N–H and O–H groups in total. The third-order valence-electron chi connectivity index (χ3n) is 8.96. The van der Waals surface area contributed by atoms with Crippen molar-refractivity contribution in [1.82, 2.24) is 30.8 Å². The first-order chi connectivity index (χ1) is 24.2. The van der Waals surface area contributed by atoms with E-state index in [1.54, 1.807) is 24.5 Å². The minimum absolute atomic E-state index is 0.0235. The molecule has 5 rings (SSSR count). The van der Waals surface area contributed by atoms with Crippen molar-refractivity contribution in [3.05, 3.63) is 89.2 Å². The van der Waals surface area contributed by atoms with Crippen LogP contribution < -0.4 is 27.4 Å². The normalized spacial score (nSPS) is 19.4. The SMILES string of the molecule is CN1C(=O)[C@H](CCCCN)NC(=O)[C@H](CCCN)NCc2cccnc2Sc2c(F)ccc(F)c2CNC(=O)[C@@H]1Cc1c[nH]c2ccccc12. The van der Waals surface area contributed by atoms with E-state index in [9.17, 15) is 14.4 Å². The largest absolute Gasteiger partial charge is 0.361 e. The highest BCUT2D eigenvalue weighted by molar-refractivity contribution is 7.99. The molecule has 0 spiro atoms. The summed E-state index contributed by atoms with van der Waals surface area (Å²) in [7, 11) is 1.52. The summed E-state index contributed by atoms with van der Waals surface area (Å²) in [5.41, 5.74) is 13.8. The molecule has 1 aliphatic heterocycles. The number of aromatic amines is 1. The molecule has 0 saturated heterocycles. The van der Waals surface area contributed by atoms with Crippen LogP contribution in [0.3, 0.4) is 0 Å². The number of nitrogens with two attached hydrogens (primary N) is 2. The smallest absolute Gasteiger partial charge is 0.245 e. The van der Waals surface area contributed by atoms with E-state index in [0.29, 0.717) is 55.8 Å². The Bertz CT molecular complexity index is 1800. The second-order valence-corrected chi connectivity index (χ2v) is 13.4. The maximum Gasteiger partial charge on any atom is 0.245 e. The average Bonchev–Trinajstić information content (AvgIpc) is 3.53. The van der Waals surface area contributed by atoms with Gasteiger partial charge in [0, 0.05) is 55.4 Å². The first-order valence-electron chi connectivity index (χ1n) is 16.8. The van der Waals surface area contributed by atoms with Gasteiger partial charge >= 0.3 is 0 Å². The topological polar surface area (TPSA) is 171 Å². The molecule has 0 aliphatic carbocycles. The molecule has 1 aliphatic rings. The molecule has 2 aromatic carbocycles. The lowest BCUT2D eigenvalue weighted by molar-refractivity contribution is -0.142. The van der Waals surface area contributed by atoms with Gasteiger partial charge in [-0.05, 0) is 80.6 Å². The van der Waals surface area contributed by atoms with Gasteiger partial charge < -0.3 is 37.3 Å². The van der Waals surface area contributed by atoms with Crippen molar-refractivity contribution in [2.75, 3.05) is 20.1 Å². The molecule has 14 heteroatoms. The minimum Gasteiger partial charge on any atom is -0.361 e. The summed E-state index contributed by atoms with van der Waals surface area (Å²) in [4.78, 5) is 51.2. The standard InChI is InChI=1S/C36H44F2N8O3S/c1-46-31(18-23-20-42-28-10-3-2-9-24(23)28)34(48)44-21-25-26(37)13-14-27(38)32(25)50-35-22(8-7-17-41-35)19-43-29(12-6-16-40)33(47)45-30(36(46)49)11-4-5-15-39/h2-3,7-10,13-14,17,20,29-31,42-43H,4-6,11-12,15-16,18-19,21,39-40H2,1H3,(H,44,48)(H,45,47)/t29-,30-,31-/m0/s1. The van der Waals surface area contributed by atoms with Crippen molar-refractivity contribution in [1.29, 1.82) is 0 Å². The monoisotopic (exact) mass is 706 g/mol. The maximum atomic E-state index is 15.4. The van der Waals surface area contributed by atoms with Gasteiger partial charge in [-0.2, -0.15) is 0 Å². The number of unbranched alkanes of at least 4 members (excludes halogenated alkanes) is 1. The molecule has 0 saturated carbocycles. The zero-order valence-electron chi connectivity index (χ0n) is 28.0. The fourth-order valence-electron chi connectivity index (χ4n) is 6.11. The van der Waals surface area contributed by atoms with Crippen molar-refractivity contribution >= 4 is 40.4 Å². The molecule has 2 aromatic heterocycles. The summed E-state index contributed by atoms with van der Waals surface area (Å²) in [6.45, 7) is 0.615. The number of benzene rings is 2. The molecule has 266 valence electrons. The van der Waals surface area contributed by atoms with Gasteiger partial charge in [0.15, 0.2) is 0 Å². The number of hydrogen-bond donors (Lipinski definition) is 6. The number of aromatic nitrogens is 2. The number of carbonyl (C=O) groups is 3. The molecule has 0 unspecified atom stereocenters. The average molecular weight is 707 g/mol. The van der Waals surface area contributed by atoms with Gasteiger partial charge in [0.25, 0.3) is 0 Å². The van der Waals surface area contributed by atoms with Crippen molar-refractivity contribution in [3.8, 4) is 0 Å². The first-order valence-corrected chi connectivity index (χ1v) is 17.6. The van der Waals surface area contributed by atoms with Crippen LogP contribution in [0, 0.1) is 11.6 Å². The van der Waals surface area contributed by atoms with Crippen LogP contribution in [-0.2, 0) is 33.9 Å². The Hall–Kier alpha value is -4.37. The third kappa shape index (κ3) is 8.85. The van der Waals surface area contributed by atoms with Crippen LogP contribution in [-0.4, -0.2) is 70.9 Å². The fourth-order valence-corrected chi connectivity index (χ4v) is 7.14. The number of pyridine rings is 1. The van der Waals surface area contributed by atoms with E-state index < -0.39 is 47.5 Å². The van der Waals surface area contributed by atoms with Gasteiger partial charge in [-0.15, -0.1) is 0 Å². The number of carbonyl (C=O) groups excluding carboxylic acids is 3. The number of nitrogens with one attached hydrogen (secondary N) is 4. The Labute approximate surface area is 294 Å². The quantitative estimate of drug-likeness (QED) is 0.144. The molecule has 0 radical (unpaired) electrons. The predicted octanol–water partition coefficient (Wildman–Crippen LogP) is 3.50. The van der Waals surface area contributed by atoms with E-state index in [0.717, 1.165) is 40.4 Å². The summed E-state index contributed by atoms with van der Waals surface area (Å²) >= 11 is 0.944. The molecule has 0 fully saturated rings. The lowest BCUT2D eigenvalue weighted by Crippen LogP contribution is -2.57. The number of para-hydroxylation sites is 1. The highest BCUT2D eigenvalue weighted by atomic mass is 32.2. The number of nitrogens with zero attached hydrogens (tertiary/aromatic N) is 2. The van der Waals surface area contributed by atoms with E-state index in [1.807, 2.05) is 24.3 Å². The van der Waals surface area contributed by atoms with Crippen molar-refractivity contribution in [2.45, 2.75) is 79.7 Å². The van der Waals surface area contributed by atoms with Gasteiger partial charge in [-0.25, -0.2) is 13.8 Å². The Balaban J connectivity index is 1.58. The van der Waals surface area contributed by atoms with Crippen LogP contribution in [0.2, 0.25) is 0 Å². The number of hydrogen-bond acceptors (Lipinski definition) is 8. The summed E-state index contributed by atoms with van der Waals surface area (Å²) in [6.07, 6.45) is 5.90. The number of fused-ring (bicyclic) bond motifs is 3. The van der Waals surface area contributed by atoms with Crippen molar-refractivity contribution in [3.63, 3.8) is 0 Å². The zero-order valence-corrected chi connectivity index (χ0v) is 28.8. The van der Waals surface area contributed by atoms with E-state index in [1.165, 1.54) is 11.9 Å². The number of H-pyrrole nitrogens is 1. The van der Waals surface area contributed by atoms with Gasteiger partial charge in [0.1, 0.15) is 28.7 Å². The lowest BCUT2D eigenvalue weighted by atomic mass is 10.0. The summed E-state index contributed by atoms with van der Waals surface area (Å²) in [5, 5.41) is 10.3. The second-order valence-electron chi connectivity index (χ2n) is 12.4. The molecule has 3 atom stereocenters. The van der Waals surface area contributed by atoms with E-state index in [-0.39, 0.29) is 30.0 Å². The fraction of sp³-hybridized carbons (Fsp3) is 0.389. The Morgan fingerprint density at radius 3 is 2.46 bits per heavy atom. The van der Waals surface area contributed by atoms with Gasteiger partial charge in [0.05, 0.1) is 10.9 Å². The molecule has 11 nitrogen and oxygen atoms in total. The number of halogens is 2. The highest BCUT2D eigenvalue weighted by Gasteiger charge is 2.34. The molecule has 3 amide bonds.